The molecular weight excluding hydrogens is 232 g/mol. The van der Waals surface area contributed by atoms with Crippen molar-refractivity contribution in [3.05, 3.63) is 30.3 Å². The van der Waals surface area contributed by atoms with Crippen LogP contribution in [0.15, 0.2) is 30.3 Å². The van der Waals surface area contributed by atoms with Gasteiger partial charge in [0.2, 0.25) is 0 Å². The number of rotatable bonds is 6. The topological polar surface area (TPSA) is 9.23 Å². The molecule has 0 spiro atoms. The lowest BCUT2D eigenvalue weighted by molar-refractivity contribution is 0.619. The molecule has 2 heteroatoms. The van der Waals surface area contributed by atoms with Gasteiger partial charge in [-0.15, -0.1) is 0 Å². The first-order valence-electron chi connectivity index (χ1n) is 6.18. The molecule has 1 nitrogen and oxygen atoms in total. The second-order valence-electron chi connectivity index (χ2n) is 3.80. The fraction of sp³-hybridized carbons (Fsp3) is 0.600. The number of hydrogen-bond donors (Lipinski definition) is 0. The van der Waals surface area contributed by atoms with Crippen molar-refractivity contribution in [3.8, 4) is 5.75 Å². The summed E-state index contributed by atoms with van der Waals surface area (Å²) in [7, 11) is 0. The molecule has 0 N–H and O–H groups in total. The van der Waals surface area contributed by atoms with Crippen LogP contribution in [-0.4, -0.2) is 0 Å². The molecule has 0 radical (unpaired) electrons. The summed E-state index contributed by atoms with van der Waals surface area (Å²) in [4.78, 5) is 0. The highest BCUT2D eigenvalue weighted by Crippen LogP contribution is 2.08. The zero-order valence-electron chi connectivity index (χ0n) is 10.4. The van der Waals surface area contributed by atoms with Gasteiger partial charge in [-0.05, 0) is 12.1 Å². The van der Waals surface area contributed by atoms with E-state index in [9.17, 15) is 0 Å². The molecule has 0 unspecified atom stereocenters. The zero-order chi connectivity index (χ0) is 12.1. The third kappa shape index (κ3) is 13.2. The standard InChI is InChI=1S/C8H18.C6H5ClO.CH4/c1-3-5-7-8-6-4-2;7-8-6-4-2-1-3-5-6;/h3-8H2,1-2H3;1-5H;1H4. The number of benzene rings is 1. The van der Waals surface area contributed by atoms with Crippen LogP contribution in [0.2, 0.25) is 0 Å². The predicted octanol–water partition coefficient (Wildman–Crippen LogP) is 6.22. The van der Waals surface area contributed by atoms with Crippen LogP contribution in [0.3, 0.4) is 0 Å². The maximum absolute atomic E-state index is 5.03. The molecule has 0 atom stereocenters. The van der Waals surface area contributed by atoms with E-state index in [0.29, 0.717) is 5.75 Å². The Kier molecular flexibility index (Phi) is 16.8. The largest absolute Gasteiger partial charge is 0.386 e. The summed E-state index contributed by atoms with van der Waals surface area (Å²) in [5.41, 5.74) is 0. The van der Waals surface area contributed by atoms with Crippen LogP contribution in [0, 0.1) is 0 Å². The predicted molar refractivity (Wildman–Crippen MR) is 78.7 cm³/mol. The van der Waals surface area contributed by atoms with Crippen molar-refractivity contribution in [2.45, 2.75) is 59.8 Å². The minimum Gasteiger partial charge on any atom is -0.386 e. The van der Waals surface area contributed by atoms with Gasteiger partial charge in [-0.3, -0.25) is 0 Å². The Morgan fingerprint density at radius 2 is 1.35 bits per heavy atom. The molecule has 0 saturated carbocycles. The second kappa shape index (κ2) is 15.3. The molecule has 0 bridgehead atoms. The first-order valence-corrected chi connectivity index (χ1v) is 6.49. The highest BCUT2D eigenvalue weighted by Gasteiger charge is 1.83. The molecule has 17 heavy (non-hydrogen) atoms. The van der Waals surface area contributed by atoms with E-state index in [4.69, 9.17) is 11.9 Å². The summed E-state index contributed by atoms with van der Waals surface area (Å²) in [5.74, 6) is 0.675. The molecule has 1 rings (SSSR count). The van der Waals surface area contributed by atoms with E-state index in [-0.39, 0.29) is 7.43 Å². The van der Waals surface area contributed by atoms with Crippen LogP contribution in [0.4, 0.5) is 0 Å². The van der Waals surface area contributed by atoms with Gasteiger partial charge in [0, 0.05) is 0 Å². The van der Waals surface area contributed by atoms with Gasteiger partial charge >= 0.3 is 0 Å². The number of unbranched alkanes of at least 4 members (excludes halogenated alkanes) is 5. The fourth-order valence-electron chi connectivity index (χ4n) is 1.33. The minimum absolute atomic E-state index is 0. The molecule has 0 saturated heterocycles. The Labute approximate surface area is 112 Å². The van der Waals surface area contributed by atoms with E-state index in [2.05, 4.69) is 18.1 Å². The number of halogens is 1. The summed E-state index contributed by atoms with van der Waals surface area (Å²) < 4.78 is 4.39. The molecule has 1 aromatic carbocycles. The third-order valence-corrected chi connectivity index (χ3v) is 2.47. The van der Waals surface area contributed by atoms with E-state index in [1.54, 1.807) is 12.1 Å². The first kappa shape index (κ1) is 18.7. The smallest absolute Gasteiger partial charge is 0.146 e. The third-order valence-electron chi connectivity index (χ3n) is 2.29. The van der Waals surface area contributed by atoms with Crippen molar-refractivity contribution in [1.82, 2.24) is 0 Å². The van der Waals surface area contributed by atoms with Gasteiger partial charge in [0.05, 0.1) is 0 Å². The fourth-order valence-corrected chi connectivity index (χ4v) is 1.43. The molecule has 0 aromatic heterocycles. The van der Waals surface area contributed by atoms with E-state index in [1.807, 2.05) is 18.2 Å². The molecule has 100 valence electrons. The number of para-hydroxylation sites is 1. The van der Waals surface area contributed by atoms with E-state index in [1.165, 1.54) is 38.5 Å². The highest BCUT2D eigenvalue weighted by molar-refractivity contribution is 6.09. The Morgan fingerprint density at radius 3 is 1.65 bits per heavy atom. The SMILES string of the molecule is C.CCCCCCCC.ClOc1ccccc1. The molecule has 0 aliphatic heterocycles. The number of hydrogen-bond acceptors (Lipinski definition) is 1. The maximum Gasteiger partial charge on any atom is 0.146 e. The van der Waals surface area contributed by atoms with Crippen molar-refractivity contribution in [1.29, 1.82) is 0 Å². The molecule has 0 aliphatic rings. The zero-order valence-corrected chi connectivity index (χ0v) is 11.2. The molecule has 1 aromatic rings. The lowest BCUT2D eigenvalue weighted by Crippen LogP contribution is -1.73. The molecular formula is C15H27ClO. The van der Waals surface area contributed by atoms with Crippen molar-refractivity contribution >= 4 is 11.9 Å². The van der Waals surface area contributed by atoms with Gasteiger partial charge in [0.25, 0.3) is 0 Å². The maximum atomic E-state index is 5.03. The Morgan fingerprint density at radius 1 is 0.882 bits per heavy atom. The summed E-state index contributed by atoms with van der Waals surface area (Å²) >= 11 is 5.03. The van der Waals surface area contributed by atoms with Gasteiger partial charge < -0.3 is 4.29 Å². The van der Waals surface area contributed by atoms with E-state index >= 15 is 0 Å². The molecule has 0 heterocycles. The molecule has 0 fully saturated rings. The average Bonchev–Trinajstić information content (AvgIpc) is 2.36. The summed E-state index contributed by atoms with van der Waals surface area (Å²) in [5, 5.41) is 0. The van der Waals surface area contributed by atoms with Crippen LogP contribution < -0.4 is 4.29 Å². The molecule has 0 aliphatic carbocycles. The van der Waals surface area contributed by atoms with Gasteiger partial charge in [-0.1, -0.05) is 78.0 Å². The Hall–Kier alpha value is -0.690. The summed E-state index contributed by atoms with van der Waals surface area (Å²) in [6.45, 7) is 4.51. The van der Waals surface area contributed by atoms with Crippen molar-refractivity contribution in [2.75, 3.05) is 0 Å². The lowest BCUT2D eigenvalue weighted by Gasteiger charge is -1.93. The van der Waals surface area contributed by atoms with E-state index in [0.717, 1.165) is 0 Å². The van der Waals surface area contributed by atoms with Crippen molar-refractivity contribution in [3.63, 3.8) is 0 Å². The summed E-state index contributed by atoms with van der Waals surface area (Å²) in [6, 6.07) is 9.19. The highest BCUT2D eigenvalue weighted by atomic mass is 35.5. The van der Waals surface area contributed by atoms with Crippen LogP contribution in [0.5, 0.6) is 5.75 Å². The van der Waals surface area contributed by atoms with Gasteiger partial charge in [0.15, 0.2) is 0 Å². The Bertz CT molecular complexity index is 218. The van der Waals surface area contributed by atoms with Crippen LogP contribution in [-0.2, 0) is 0 Å². The lowest BCUT2D eigenvalue weighted by atomic mass is 10.1. The second-order valence-corrected chi connectivity index (χ2v) is 3.96. The quantitative estimate of drug-likeness (QED) is 0.550. The Balaban J connectivity index is 0. The van der Waals surface area contributed by atoms with Crippen LogP contribution >= 0.6 is 11.9 Å². The minimum atomic E-state index is 0. The molecule has 0 amide bonds. The van der Waals surface area contributed by atoms with Gasteiger partial charge in [-0.2, -0.15) is 0 Å². The van der Waals surface area contributed by atoms with Gasteiger partial charge in [0.1, 0.15) is 17.6 Å². The average molecular weight is 259 g/mol. The normalized spacial score (nSPS) is 8.65. The van der Waals surface area contributed by atoms with Gasteiger partial charge in [-0.25, -0.2) is 0 Å². The summed E-state index contributed by atoms with van der Waals surface area (Å²) in [6.07, 6.45) is 8.49. The van der Waals surface area contributed by atoms with Crippen LogP contribution in [0.1, 0.15) is 59.8 Å². The van der Waals surface area contributed by atoms with Crippen LogP contribution in [0.25, 0.3) is 0 Å². The monoisotopic (exact) mass is 258 g/mol. The first-order chi connectivity index (χ1) is 7.85. The van der Waals surface area contributed by atoms with E-state index < -0.39 is 0 Å². The van der Waals surface area contributed by atoms with Crippen molar-refractivity contribution < 1.29 is 4.29 Å². The van der Waals surface area contributed by atoms with Crippen molar-refractivity contribution in [2.24, 2.45) is 0 Å².